The van der Waals surface area contributed by atoms with Crippen LogP contribution in [0.4, 0.5) is 0 Å². The van der Waals surface area contributed by atoms with E-state index in [1.807, 2.05) is 12.1 Å². The number of carbonyl (C=O) groups excluding carboxylic acids is 1. The van der Waals surface area contributed by atoms with Crippen molar-refractivity contribution in [3.63, 3.8) is 0 Å². The molecule has 1 aromatic carbocycles. The molecule has 1 N–H and O–H groups in total. The predicted octanol–water partition coefficient (Wildman–Crippen LogP) is 1.28. The van der Waals surface area contributed by atoms with Gasteiger partial charge in [-0.15, -0.1) is 0 Å². The number of carbonyl (C=O) groups is 1. The highest BCUT2D eigenvalue weighted by atomic mass is 16.1. The van der Waals surface area contributed by atoms with Crippen LogP contribution in [0.3, 0.4) is 0 Å². The number of aromatic nitrogens is 3. The molecule has 0 saturated carbocycles. The van der Waals surface area contributed by atoms with Crippen molar-refractivity contribution in [2.75, 3.05) is 0 Å². The van der Waals surface area contributed by atoms with E-state index < -0.39 is 0 Å². The summed E-state index contributed by atoms with van der Waals surface area (Å²) in [6, 6.07) is 7.13. The quantitative estimate of drug-likeness (QED) is 0.696. The maximum Gasteiger partial charge on any atom is 0.155 e. The number of benzene rings is 1. The molecule has 0 radical (unpaired) electrons. The molecule has 0 fully saturated rings. The van der Waals surface area contributed by atoms with Crippen LogP contribution in [0.2, 0.25) is 0 Å². The van der Waals surface area contributed by atoms with Crippen LogP contribution in [-0.4, -0.2) is 21.5 Å². The zero-order chi connectivity index (χ0) is 9.10. The Hall–Kier alpha value is -1.97. The van der Waals surface area contributed by atoms with E-state index in [0.29, 0.717) is 11.4 Å². The van der Waals surface area contributed by atoms with Crippen LogP contribution in [0.5, 0.6) is 0 Å². The third-order valence-electron chi connectivity index (χ3n) is 1.74. The van der Waals surface area contributed by atoms with Gasteiger partial charge in [0.05, 0.1) is 0 Å². The smallest absolute Gasteiger partial charge is 0.155 e. The lowest BCUT2D eigenvalue weighted by Gasteiger charge is -1.94. The molecule has 0 spiro atoms. The number of aromatic amines is 1. The first kappa shape index (κ1) is 7.67. The normalized spacial score (nSPS) is 9.85. The first-order valence-electron chi connectivity index (χ1n) is 3.81. The van der Waals surface area contributed by atoms with Crippen LogP contribution >= 0.6 is 0 Å². The lowest BCUT2D eigenvalue weighted by Crippen LogP contribution is -1.82. The summed E-state index contributed by atoms with van der Waals surface area (Å²) in [6.45, 7) is 0. The fourth-order valence-electron chi connectivity index (χ4n) is 1.06. The highest BCUT2D eigenvalue weighted by Gasteiger charge is 1.98. The van der Waals surface area contributed by atoms with Crippen LogP contribution in [0.25, 0.3) is 11.4 Å². The van der Waals surface area contributed by atoms with Crippen molar-refractivity contribution in [3.05, 3.63) is 36.2 Å². The molecule has 2 aromatic rings. The fraction of sp³-hybridized carbons (Fsp3) is 0. The molecule has 64 valence electrons. The molecule has 2 rings (SSSR count). The lowest BCUT2D eigenvalue weighted by atomic mass is 10.1. The summed E-state index contributed by atoms with van der Waals surface area (Å²) in [7, 11) is 0. The van der Waals surface area contributed by atoms with Gasteiger partial charge in [-0.3, -0.25) is 9.89 Å². The second-order valence-corrected chi connectivity index (χ2v) is 2.57. The van der Waals surface area contributed by atoms with E-state index in [-0.39, 0.29) is 0 Å². The Kier molecular flexibility index (Phi) is 1.88. The SMILES string of the molecule is O=Cc1ccc(-c2ncn[nH]2)cc1. The van der Waals surface area contributed by atoms with E-state index in [9.17, 15) is 4.79 Å². The van der Waals surface area contributed by atoms with E-state index in [2.05, 4.69) is 15.2 Å². The summed E-state index contributed by atoms with van der Waals surface area (Å²) in [6.07, 6.45) is 2.26. The number of hydrogen-bond donors (Lipinski definition) is 1. The fourth-order valence-corrected chi connectivity index (χ4v) is 1.06. The van der Waals surface area contributed by atoms with Gasteiger partial charge in [-0.25, -0.2) is 4.98 Å². The molecular formula is C9H7N3O. The van der Waals surface area contributed by atoms with E-state index in [1.54, 1.807) is 12.1 Å². The molecule has 0 amide bonds. The number of H-pyrrole nitrogens is 1. The van der Waals surface area contributed by atoms with Gasteiger partial charge in [-0.1, -0.05) is 24.3 Å². The molecule has 13 heavy (non-hydrogen) atoms. The highest BCUT2D eigenvalue weighted by molar-refractivity contribution is 5.76. The Morgan fingerprint density at radius 3 is 2.54 bits per heavy atom. The highest BCUT2D eigenvalue weighted by Crippen LogP contribution is 2.13. The number of nitrogens with one attached hydrogen (secondary N) is 1. The second-order valence-electron chi connectivity index (χ2n) is 2.57. The van der Waals surface area contributed by atoms with E-state index in [0.717, 1.165) is 11.8 Å². The average molecular weight is 173 g/mol. The van der Waals surface area contributed by atoms with Gasteiger partial charge in [0.1, 0.15) is 12.6 Å². The van der Waals surface area contributed by atoms with Crippen molar-refractivity contribution in [2.45, 2.75) is 0 Å². The van der Waals surface area contributed by atoms with Crippen LogP contribution in [0, 0.1) is 0 Å². The third-order valence-corrected chi connectivity index (χ3v) is 1.74. The summed E-state index contributed by atoms with van der Waals surface area (Å²) < 4.78 is 0. The van der Waals surface area contributed by atoms with Crippen molar-refractivity contribution in [3.8, 4) is 11.4 Å². The number of rotatable bonds is 2. The number of nitrogens with zero attached hydrogens (tertiary/aromatic N) is 2. The molecule has 1 aromatic heterocycles. The van der Waals surface area contributed by atoms with Gasteiger partial charge in [0.15, 0.2) is 5.82 Å². The Morgan fingerprint density at radius 2 is 2.00 bits per heavy atom. The van der Waals surface area contributed by atoms with Crippen molar-refractivity contribution in [2.24, 2.45) is 0 Å². The van der Waals surface area contributed by atoms with E-state index >= 15 is 0 Å². The molecule has 1 heterocycles. The van der Waals surface area contributed by atoms with Crippen molar-refractivity contribution < 1.29 is 4.79 Å². The molecule has 0 aliphatic rings. The van der Waals surface area contributed by atoms with Gasteiger partial charge in [-0.2, -0.15) is 5.10 Å². The Bertz CT molecular complexity index is 391. The Balaban J connectivity index is 2.38. The monoisotopic (exact) mass is 173 g/mol. The van der Waals surface area contributed by atoms with Gasteiger partial charge < -0.3 is 0 Å². The van der Waals surface area contributed by atoms with Crippen LogP contribution in [-0.2, 0) is 0 Å². The molecule has 0 aliphatic heterocycles. The predicted molar refractivity (Wildman–Crippen MR) is 47.2 cm³/mol. The Morgan fingerprint density at radius 1 is 1.23 bits per heavy atom. The minimum Gasteiger partial charge on any atom is -0.298 e. The minimum absolute atomic E-state index is 0.656. The van der Waals surface area contributed by atoms with Gasteiger partial charge in [0, 0.05) is 11.1 Å². The van der Waals surface area contributed by atoms with E-state index in [1.165, 1.54) is 6.33 Å². The number of aldehydes is 1. The summed E-state index contributed by atoms with van der Waals surface area (Å²) in [5.41, 5.74) is 1.58. The molecule has 0 saturated heterocycles. The molecule has 0 bridgehead atoms. The van der Waals surface area contributed by atoms with Gasteiger partial charge in [0.2, 0.25) is 0 Å². The van der Waals surface area contributed by atoms with Gasteiger partial charge in [0.25, 0.3) is 0 Å². The molecule has 4 nitrogen and oxygen atoms in total. The average Bonchev–Trinajstić information content (AvgIpc) is 2.71. The molecular weight excluding hydrogens is 166 g/mol. The molecule has 4 heteroatoms. The zero-order valence-corrected chi connectivity index (χ0v) is 6.77. The number of hydrogen-bond acceptors (Lipinski definition) is 3. The second kappa shape index (κ2) is 3.18. The van der Waals surface area contributed by atoms with E-state index in [4.69, 9.17) is 0 Å². The summed E-state index contributed by atoms with van der Waals surface area (Å²) in [4.78, 5) is 14.4. The van der Waals surface area contributed by atoms with Crippen LogP contribution < -0.4 is 0 Å². The minimum atomic E-state index is 0.656. The summed E-state index contributed by atoms with van der Waals surface area (Å²) in [5, 5.41) is 6.48. The molecule has 0 atom stereocenters. The zero-order valence-electron chi connectivity index (χ0n) is 6.77. The lowest BCUT2D eigenvalue weighted by molar-refractivity contribution is 0.112. The maximum atomic E-state index is 10.4. The first-order chi connectivity index (χ1) is 6.40. The molecule has 0 aliphatic carbocycles. The molecule has 0 unspecified atom stereocenters. The Labute approximate surface area is 74.6 Å². The van der Waals surface area contributed by atoms with Crippen molar-refractivity contribution >= 4 is 6.29 Å². The van der Waals surface area contributed by atoms with Crippen molar-refractivity contribution in [1.82, 2.24) is 15.2 Å². The topological polar surface area (TPSA) is 58.6 Å². The van der Waals surface area contributed by atoms with Crippen LogP contribution in [0.1, 0.15) is 10.4 Å². The van der Waals surface area contributed by atoms with Gasteiger partial charge >= 0.3 is 0 Å². The van der Waals surface area contributed by atoms with Crippen molar-refractivity contribution in [1.29, 1.82) is 0 Å². The standard InChI is InChI=1S/C9H7N3O/c13-5-7-1-3-8(4-2-7)9-10-6-11-12-9/h1-6H,(H,10,11,12). The third kappa shape index (κ3) is 1.46. The first-order valence-corrected chi connectivity index (χ1v) is 3.81. The summed E-state index contributed by atoms with van der Waals surface area (Å²) >= 11 is 0. The summed E-state index contributed by atoms with van der Waals surface area (Å²) in [5.74, 6) is 0.706. The van der Waals surface area contributed by atoms with Crippen LogP contribution in [0.15, 0.2) is 30.6 Å². The largest absolute Gasteiger partial charge is 0.298 e. The maximum absolute atomic E-state index is 10.4. The van der Waals surface area contributed by atoms with Gasteiger partial charge in [-0.05, 0) is 0 Å².